The molecule has 3 rings (SSSR count). The molecule has 1 fully saturated rings. The fourth-order valence-electron chi connectivity index (χ4n) is 2.67. The smallest absolute Gasteiger partial charge is 0.289 e. The van der Waals surface area contributed by atoms with Crippen LogP contribution in [0.5, 0.6) is 0 Å². The van der Waals surface area contributed by atoms with Gasteiger partial charge < -0.3 is 10.2 Å². The maximum atomic E-state index is 12.7. The first kappa shape index (κ1) is 16.2. The van der Waals surface area contributed by atoms with E-state index in [1.807, 2.05) is 30.3 Å². The van der Waals surface area contributed by atoms with Crippen molar-refractivity contribution in [2.75, 3.05) is 16.8 Å². The Morgan fingerprint density at radius 2 is 2.08 bits per heavy atom. The van der Waals surface area contributed by atoms with Crippen LogP contribution in [0.4, 0.5) is 17.2 Å². The maximum absolute atomic E-state index is 12.7. The number of benzene rings is 1. The lowest BCUT2D eigenvalue weighted by atomic mass is 10.0. The van der Waals surface area contributed by atoms with Gasteiger partial charge in [0, 0.05) is 18.3 Å². The van der Waals surface area contributed by atoms with E-state index in [1.165, 1.54) is 6.07 Å². The third kappa shape index (κ3) is 3.30. The standard InChI is InChI=1S/C16H15ClN4O3/c17-13-9-12(21(23)24)10-18-15(13)19-14-7-4-8-20(16(14)22)11-5-2-1-3-6-11/h1-3,5-6,9-10,14H,4,7-8H2,(H,18,19). The highest BCUT2D eigenvalue weighted by atomic mass is 35.5. The quantitative estimate of drug-likeness (QED) is 0.678. The summed E-state index contributed by atoms with van der Waals surface area (Å²) in [5.41, 5.74) is 0.656. The van der Waals surface area contributed by atoms with Crippen LogP contribution in [-0.2, 0) is 4.79 Å². The van der Waals surface area contributed by atoms with Crippen molar-refractivity contribution in [3.05, 3.63) is 57.7 Å². The van der Waals surface area contributed by atoms with Crippen LogP contribution in [0.25, 0.3) is 0 Å². The number of hydrogen-bond donors (Lipinski definition) is 1. The highest BCUT2D eigenvalue weighted by molar-refractivity contribution is 6.33. The van der Waals surface area contributed by atoms with Crippen LogP contribution in [-0.4, -0.2) is 28.4 Å². The number of carbonyl (C=O) groups excluding carboxylic acids is 1. The molecule has 0 aliphatic carbocycles. The van der Waals surface area contributed by atoms with Gasteiger partial charge in [-0.15, -0.1) is 0 Å². The molecule has 1 amide bonds. The lowest BCUT2D eigenvalue weighted by Crippen LogP contribution is -2.47. The summed E-state index contributed by atoms with van der Waals surface area (Å²) in [7, 11) is 0. The summed E-state index contributed by atoms with van der Waals surface area (Å²) in [4.78, 5) is 28.6. The summed E-state index contributed by atoms with van der Waals surface area (Å²) >= 11 is 6.04. The molecular weight excluding hydrogens is 332 g/mol. The predicted molar refractivity (Wildman–Crippen MR) is 91.3 cm³/mol. The number of nitro groups is 1. The number of aromatic nitrogens is 1. The molecule has 0 bridgehead atoms. The third-order valence-corrected chi connectivity index (χ3v) is 4.14. The topological polar surface area (TPSA) is 88.4 Å². The van der Waals surface area contributed by atoms with Gasteiger partial charge in [-0.1, -0.05) is 29.8 Å². The number of halogens is 1. The van der Waals surface area contributed by atoms with Crippen molar-refractivity contribution in [2.24, 2.45) is 0 Å². The van der Waals surface area contributed by atoms with E-state index in [1.54, 1.807) is 4.90 Å². The van der Waals surface area contributed by atoms with Gasteiger partial charge in [-0.25, -0.2) is 4.98 Å². The van der Waals surface area contributed by atoms with Crippen molar-refractivity contribution >= 4 is 34.7 Å². The van der Waals surface area contributed by atoms with Crippen molar-refractivity contribution in [2.45, 2.75) is 18.9 Å². The fourth-order valence-corrected chi connectivity index (χ4v) is 2.89. The second kappa shape index (κ2) is 6.84. The van der Waals surface area contributed by atoms with Gasteiger partial charge in [-0.2, -0.15) is 0 Å². The lowest BCUT2D eigenvalue weighted by molar-refractivity contribution is -0.385. The monoisotopic (exact) mass is 346 g/mol. The van der Waals surface area contributed by atoms with E-state index in [9.17, 15) is 14.9 Å². The van der Waals surface area contributed by atoms with Crippen molar-refractivity contribution < 1.29 is 9.72 Å². The third-order valence-electron chi connectivity index (χ3n) is 3.86. The molecule has 24 heavy (non-hydrogen) atoms. The van der Waals surface area contributed by atoms with Crippen molar-refractivity contribution in [3.8, 4) is 0 Å². The van der Waals surface area contributed by atoms with E-state index in [4.69, 9.17) is 11.6 Å². The molecule has 8 heteroatoms. The predicted octanol–water partition coefficient (Wildman–Crippen LogP) is 3.25. The number of carbonyl (C=O) groups is 1. The van der Waals surface area contributed by atoms with E-state index in [0.717, 1.165) is 18.3 Å². The van der Waals surface area contributed by atoms with Gasteiger partial charge in [-0.05, 0) is 25.0 Å². The van der Waals surface area contributed by atoms with Gasteiger partial charge in [0.05, 0.1) is 9.95 Å². The Morgan fingerprint density at radius 1 is 1.33 bits per heavy atom. The summed E-state index contributed by atoms with van der Waals surface area (Å²) in [6, 6.07) is 10.2. The largest absolute Gasteiger partial charge is 0.357 e. The number of para-hydroxylation sites is 1. The molecule has 1 aromatic heterocycles. The SMILES string of the molecule is O=C1C(Nc2ncc([N+](=O)[O-])cc2Cl)CCCN1c1ccccc1. The van der Waals surface area contributed by atoms with Crippen LogP contribution in [0, 0.1) is 10.1 Å². The van der Waals surface area contributed by atoms with Crippen LogP contribution < -0.4 is 10.2 Å². The van der Waals surface area contributed by atoms with E-state index in [0.29, 0.717) is 13.0 Å². The van der Waals surface area contributed by atoms with Crippen LogP contribution in [0.1, 0.15) is 12.8 Å². The number of hydrogen-bond acceptors (Lipinski definition) is 5. The molecule has 0 radical (unpaired) electrons. The molecule has 0 saturated carbocycles. The molecule has 2 heterocycles. The van der Waals surface area contributed by atoms with Crippen LogP contribution in [0.15, 0.2) is 42.6 Å². The lowest BCUT2D eigenvalue weighted by Gasteiger charge is -2.33. The van der Waals surface area contributed by atoms with Gasteiger partial charge in [0.25, 0.3) is 5.69 Å². The molecule has 2 aromatic rings. The zero-order chi connectivity index (χ0) is 17.1. The summed E-state index contributed by atoms with van der Waals surface area (Å²) in [5, 5.41) is 13.9. The first-order valence-electron chi connectivity index (χ1n) is 7.49. The molecule has 1 N–H and O–H groups in total. The Balaban J connectivity index is 1.78. The molecule has 1 aliphatic rings. The van der Waals surface area contributed by atoms with Gasteiger partial charge in [0.15, 0.2) is 0 Å². The second-order valence-electron chi connectivity index (χ2n) is 5.45. The van der Waals surface area contributed by atoms with Gasteiger partial charge >= 0.3 is 0 Å². The van der Waals surface area contributed by atoms with E-state index < -0.39 is 11.0 Å². The zero-order valence-electron chi connectivity index (χ0n) is 12.7. The number of nitrogens with one attached hydrogen (secondary N) is 1. The summed E-state index contributed by atoms with van der Waals surface area (Å²) < 4.78 is 0. The molecule has 1 saturated heterocycles. The summed E-state index contributed by atoms with van der Waals surface area (Å²) in [6.07, 6.45) is 2.61. The highest BCUT2D eigenvalue weighted by Crippen LogP contribution is 2.27. The van der Waals surface area contributed by atoms with Crippen molar-refractivity contribution in [3.63, 3.8) is 0 Å². The first-order valence-corrected chi connectivity index (χ1v) is 7.87. The second-order valence-corrected chi connectivity index (χ2v) is 5.85. The first-order chi connectivity index (χ1) is 11.6. The normalized spacial score (nSPS) is 17.6. The molecule has 1 atom stereocenters. The van der Waals surface area contributed by atoms with Gasteiger partial charge in [0.1, 0.15) is 18.1 Å². The Morgan fingerprint density at radius 3 is 2.75 bits per heavy atom. The molecule has 7 nitrogen and oxygen atoms in total. The molecule has 1 aromatic carbocycles. The van der Waals surface area contributed by atoms with Crippen LogP contribution in [0.3, 0.4) is 0 Å². The Hall–Kier alpha value is -2.67. The minimum absolute atomic E-state index is 0.0660. The summed E-state index contributed by atoms with van der Waals surface area (Å²) in [6.45, 7) is 0.655. The fraction of sp³-hybridized carbons (Fsp3) is 0.250. The zero-order valence-corrected chi connectivity index (χ0v) is 13.4. The Kier molecular flexibility index (Phi) is 4.61. The molecule has 1 unspecified atom stereocenters. The molecule has 124 valence electrons. The van der Waals surface area contributed by atoms with Crippen molar-refractivity contribution in [1.29, 1.82) is 0 Å². The summed E-state index contributed by atoms with van der Waals surface area (Å²) in [5.74, 6) is 0.208. The number of piperidine rings is 1. The van der Waals surface area contributed by atoms with Gasteiger partial charge in [-0.3, -0.25) is 14.9 Å². The Labute approximate surface area is 143 Å². The molecule has 1 aliphatic heterocycles. The van der Waals surface area contributed by atoms with E-state index in [2.05, 4.69) is 10.3 Å². The minimum atomic E-state index is -0.564. The molecular formula is C16H15ClN4O3. The number of amides is 1. The average molecular weight is 347 g/mol. The number of rotatable bonds is 4. The minimum Gasteiger partial charge on any atom is -0.357 e. The number of anilines is 2. The Bertz CT molecular complexity index is 769. The van der Waals surface area contributed by atoms with Gasteiger partial charge in [0.2, 0.25) is 5.91 Å². The van der Waals surface area contributed by atoms with E-state index in [-0.39, 0.29) is 22.4 Å². The number of pyridine rings is 1. The van der Waals surface area contributed by atoms with E-state index >= 15 is 0 Å². The molecule has 0 spiro atoms. The van der Waals surface area contributed by atoms with Crippen LogP contribution in [0.2, 0.25) is 5.02 Å². The van der Waals surface area contributed by atoms with Crippen molar-refractivity contribution in [1.82, 2.24) is 4.98 Å². The van der Waals surface area contributed by atoms with Crippen LogP contribution >= 0.6 is 11.6 Å². The highest BCUT2D eigenvalue weighted by Gasteiger charge is 2.30. The maximum Gasteiger partial charge on any atom is 0.289 e. The average Bonchev–Trinajstić information content (AvgIpc) is 2.59. The number of nitrogens with zero attached hydrogens (tertiary/aromatic N) is 3.